The van der Waals surface area contributed by atoms with Crippen molar-refractivity contribution in [2.24, 2.45) is 11.8 Å². The van der Waals surface area contributed by atoms with E-state index in [1.165, 1.54) is 77.0 Å². The van der Waals surface area contributed by atoms with E-state index in [4.69, 9.17) is 4.74 Å². The summed E-state index contributed by atoms with van der Waals surface area (Å²) < 4.78 is 6.23. The zero-order valence-corrected chi connectivity index (χ0v) is 19.2. The molecule has 0 aliphatic carbocycles. The zero-order chi connectivity index (χ0) is 20.3. The third kappa shape index (κ3) is 18.6. The van der Waals surface area contributed by atoms with Crippen LogP contribution in [-0.4, -0.2) is 12.2 Å². The first-order chi connectivity index (χ1) is 13.0. The highest BCUT2D eigenvalue weighted by atomic mass is 16.5. The lowest BCUT2D eigenvalue weighted by Crippen LogP contribution is -2.19. The van der Waals surface area contributed by atoms with E-state index in [-0.39, 0.29) is 12.2 Å². The molecule has 0 aliphatic heterocycles. The highest BCUT2D eigenvalue weighted by molar-refractivity contribution is 4.86. The number of hydrogen-bond donors (Lipinski definition) is 0. The lowest BCUT2D eigenvalue weighted by Gasteiger charge is -2.20. The van der Waals surface area contributed by atoms with Gasteiger partial charge in [0.1, 0.15) is 0 Å². The SMILES string of the molecule is C=CC(CCCCCCCC(C)C)OC(C=C)CCCCCCCC(C)C. The van der Waals surface area contributed by atoms with Gasteiger partial charge in [0.05, 0.1) is 12.2 Å². The Bertz CT molecular complexity index is 299. The first-order valence-corrected chi connectivity index (χ1v) is 11.9. The van der Waals surface area contributed by atoms with Crippen molar-refractivity contribution in [1.82, 2.24) is 0 Å². The fourth-order valence-corrected chi connectivity index (χ4v) is 3.56. The Morgan fingerprint density at radius 3 is 1.11 bits per heavy atom. The molecular formula is C26H50O. The lowest BCUT2D eigenvalue weighted by molar-refractivity contribution is 0.0299. The van der Waals surface area contributed by atoms with E-state index in [1.54, 1.807) is 0 Å². The summed E-state index contributed by atoms with van der Waals surface area (Å²) in [5.74, 6) is 1.69. The molecule has 1 heteroatoms. The molecule has 0 saturated carbocycles. The first-order valence-electron chi connectivity index (χ1n) is 11.9. The van der Waals surface area contributed by atoms with E-state index < -0.39 is 0 Å². The minimum Gasteiger partial charge on any atom is -0.367 e. The lowest BCUT2D eigenvalue weighted by atomic mass is 10.0. The maximum atomic E-state index is 6.23. The van der Waals surface area contributed by atoms with Gasteiger partial charge in [-0.3, -0.25) is 0 Å². The Hall–Kier alpha value is -0.560. The molecule has 2 unspecified atom stereocenters. The molecular weight excluding hydrogens is 328 g/mol. The van der Waals surface area contributed by atoms with Crippen LogP contribution in [0.1, 0.15) is 118 Å². The molecule has 0 aromatic heterocycles. The summed E-state index contributed by atoms with van der Waals surface area (Å²) in [6, 6.07) is 0. The second-order valence-electron chi connectivity index (χ2n) is 9.16. The van der Waals surface area contributed by atoms with Crippen LogP contribution < -0.4 is 0 Å². The van der Waals surface area contributed by atoms with Gasteiger partial charge in [0.2, 0.25) is 0 Å². The monoisotopic (exact) mass is 378 g/mol. The highest BCUT2D eigenvalue weighted by Gasteiger charge is 2.11. The Labute approximate surface area is 172 Å². The molecule has 0 rings (SSSR count). The van der Waals surface area contributed by atoms with Gasteiger partial charge in [0, 0.05) is 0 Å². The number of rotatable bonds is 20. The van der Waals surface area contributed by atoms with E-state index in [1.807, 2.05) is 12.2 Å². The number of hydrogen-bond acceptors (Lipinski definition) is 1. The third-order valence-electron chi connectivity index (χ3n) is 5.42. The average molecular weight is 379 g/mol. The van der Waals surface area contributed by atoms with E-state index in [0.29, 0.717) is 0 Å². The maximum Gasteiger partial charge on any atom is 0.0761 e. The summed E-state index contributed by atoms with van der Waals surface area (Å²) in [6.45, 7) is 17.2. The van der Waals surface area contributed by atoms with Crippen molar-refractivity contribution < 1.29 is 4.74 Å². The van der Waals surface area contributed by atoms with Crippen molar-refractivity contribution in [3.63, 3.8) is 0 Å². The van der Waals surface area contributed by atoms with Crippen LogP contribution >= 0.6 is 0 Å². The normalized spacial score (nSPS) is 13.9. The van der Waals surface area contributed by atoms with Gasteiger partial charge in [-0.1, -0.05) is 117 Å². The molecule has 0 heterocycles. The number of ether oxygens (including phenoxy) is 1. The van der Waals surface area contributed by atoms with Crippen LogP contribution in [0, 0.1) is 11.8 Å². The van der Waals surface area contributed by atoms with Crippen LogP contribution in [0.5, 0.6) is 0 Å². The predicted octanol–water partition coefficient (Wildman–Crippen LogP) is 8.89. The van der Waals surface area contributed by atoms with Crippen molar-refractivity contribution >= 4 is 0 Å². The fourth-order valence-electron chi connectivity index (χ4n) is 3.56. The molecule has 0 spiro atoms. The van der Waals surface area contributed by atoms with Crippen molar-refractivity contribution in [3.8, 4) is 0 Å². The van der Waals surface area contributed by atoms with Crippen molar-refractivity contribution in [3.05, 3.63) is 25.3 Å². The van der Waals surface area contributed by atoms with Crippen LogP contribution in [-0.2, 0) is 4.74 Å². The molecule has 160 valence electrons. The van der Waals surface area contributed by atoms with Gasteiger partial charge in [-0.05, 0) is 24.7 Å². The minimum absolute atomic E-state index is 0.190. The molecule has 1 nitrogen and oxygen atoms in total. The Balaban J connectivity index is 3.73. The first kappa shape index (κ1) is 26.4. The summed E-state index contributed by atoms with van der Waals surface area (Å²) in [7, 11) is 0. The molecule has 0 N–H and O–H groups in total. The standard InChI is InChI=1S/C26H50O/c1-7-25(21-17-13-9-11-15-19-23(3)4)27-26(8-2)22-18-14-10-12-16-20-24(5)6/h7-8,23-26H,1-2,9-22H2,3-6H3. The molecule has 27 heavy (non-hydrogen) atoms. The van der Waals surface area contributed by atoms with Crippen molar-refractivity contribution in [1.29, 1.82) is 0 Å². The molecule has 0 radical (unpaired) electrons. The van der Waals surface area contributed by atoms with E-state index in [9.17, 15) is 0 Å². The molecule has 0 aromatic rings. The van der Waals surface area contributed by atoms with Crippen LogP contribution in [0.15, 0.2) is 25.3 Å². The smallest absolute Gasteiger partial charge is 0.0761 e. The van der Waals surface area contributed by atoms with Gasteiger partial charge < -0.3 is 4.74 Å². The minimum atomic E-state index is 0.190. The summed E-state index contributed by atoms with van der Waals surface area (Å²) in [6.07, 6.45) is 22.7. The van der Waals surface area contributed by atoms with Gasteiger partial charge >= 0.3 is 0 Å². The Kier molecular flexibility index (Phi) is 18.4. The van der Waals surface area contributed by atoms with Crippen molar-refractivity contribution in [2.75, 3.05) is 0 Å². The average Bonchev–Trinajstić information content (AvgIpc) is 2.63. The molecule has 0 aliphatic rings. The summed E-state index contributed by atoms with van der Waals surface area (Å²) >= 11 is 0. The Morgan fingerprint density at radius 1 is 0.519 bits per heavy atom. The highest BCUT2D eigenvalue weighted by Crippen LogP contribution is 2.18. The largest absolute Gasteiger partial charge is 0.367 e. The van der Waals surface area contributed by atoms with E-state index in [2.05, 4.69) is 40.9 Å². The van der Waals surface area contributed by atoms with Crippen LogP contribution in [0.3, 0.4) is 0 Å². The molecule has 0 aromatic carbocycles. The molecule has 0 amide bonds. The topological polar surface area (TPSA) is 9.23 Å². The summed E-state index contributed by atoms with van der Waals surface area (Å²) in [5, 5.41) is 0. The quantitative estimate of drug-likeness (QED) is 0.152. The predicted molar refractivity (Wildman–Crippen MR) is 123 cm³/mol. The van der Waals surface area contributed by atoms with Gasteiger partial charge in [0.15, 0.2) is 0 Å². The molecule has 0 bridgehead atoms. The molecule has 0 saturated heterocycles. The maximum absolute atomic E-state index is 6.23. The summed E-state index contributed by atoms with van der Waals surface area (Å²) in [4.78, 5) is 0. The van der Waals surface area contributed by atoms with Gasteiger partial charge in [0.25, 0.3) is 0 Å². The molecule has 2 atom stereocenters. The van der Waals surface area contributed by atoms with Crippen LogP contribution in [0.4, 0.5) is 0 Å². The summed E-state index contributed by atoms with van der Waals surface area (Å²) in [5.41, 5.74) is 0. The van der Waals surface area contributed by atoms with Crippen molar-refractivity contribution in [2.45, 2.75) is 130 Å². The Morgan fingerprint density at radius 2 is 0.815 bits per heavy atom. The number of unbranched alkanes of at least 4 members (excludes halogenated alkanes) is 8. The van der Waals surface area contributed by atoms with E-state index in [0.717, 1.165) is 24.7 Å². The zero-order valence-electron chi connectivity index (χ0n) is 19.2. The van der Waals surface area contributed by atoms with Crippen LogP contribution in [0.25, 0.3) is 0 Å². The van der Waals surface area contributed by atoms with Crippen LogP contribution in [0.2, 0.25) is 0 Å². The van der Waals surface area contributed by atoms with E-state index >= 15 is 0 Å². The third-order valence-corrected chi connectivity index (χ3v) is 5.42. The second-order valence-corrected chi connectivity index (χ2v) is 9.16. The van der Waals surface area contributed by atoms with Gasteiger partial charge in [-0.2, -0.15) is 0 Å². The van der Waals surface area contributed by atoms with Gasteiger partial charge in [-0.15, -0.1) is 13.2 Å². The second kappa shape index (κ2) is 18.8. The molecule has 0 fully saturated rings. The van der Waals surface area contributed by atoms with Gasteiger partial charge in [-0.25, -0.2) is 0 Å². The fraction of sp³-hybridized carbons (Fsp3) is 0.846.